The van der Waals surface area contributed by atoms with Gasteiger partial charge in [0.1, 0.15) is 0 Å². The van der Waals surface area contributed by atoms with E-state index in [0.717, 1.165) is 5.92 Å². The molecule has 1 N–H and O–H groups in total. The number of benzene rings is 1. The number of hydrogen-bond acceptors (Lipinski definition) is 1. The van der Waals surface area contributed by atoms with E-state index in [0.29, 0.717) is 12.1 Å². The first kappa shape index (κ1) is 11.7. The summed E-state index contributed by atoms with van der Waals surface area (Å²) in [6.45, 7) is 4.61. The molecular weight excluding hydrogens is 194 g/mol. The second-order valence-corrected chi connectivity index (χ2v) is 5.13. The second kappa shape index (κ2) is 5.49. The van der Waals surface area contributed by atoms with E-state index >= 15 is 0 Å². The zero-order valence-electron chi connectivity index (χ0n) is 10.4. The SMILES string of the molecule is CC(N[C@@H](C)c1ccccc1)C1CCCC1. The van der Waals surface area contributed by atoms with Gasteiger partial charge in [0.15, 0.2) is 0 Å². The molecule has 0 radical (unpaired) electrons. The van der Waals surface area contributed by atoms with Gasteiger partial charge in [-0.1, -0.05) is 43.2 Å². The number of hydrogen-bond donors (Lipinski definition) is 1. The molecule has 1 heteroatoms. The van der Waals surface area contributed by atoms with Crippen molar-refractivity contribution >= 4 is 0 Å². The summed E-state index contributed by atoms with van der Waals surface area (Å²) < 4.78 is 0. The standard InChI is InChI=1S/C15H23N/c1-12(14-8-4-3-5-9-14)16-13(2)15-10-6-7-11-15/h3-5,8-9,12-13,15-16H,6-7,10-11H2,1-2H3/t12-,13?/m0/s1. The third-order valence-electron chi connectivity index (χ3n) is 3.92. The maximum Gasteiger partial charge on any atom is 0.0294 e. The molecule has 16 heavy (non-hydrogen) atoms. The Hall–Kier alpha value is -0.820. The highest BCUT2D eigenvalue weighted by molar-refractivity contribution is 5.18. The first-order valence-electron chi connectivity index (χ1n) is 6.58. The molecular formula is C15H23N. The van der Waals surface area contributed by atoms with E-state index in [1.165, 1.54) is 31.2 Å². The van der Waals surface area contributed by atoms with E-state index in [2.05, 4.69) is 49.5 Å². The van der Waals surface area contributed by atoms with Crippen molar-refractivity contribution in [2.24, 2.45) is 5.92 Å². The summed E-state index contributed by atoms with van der Waals surface area (Å²) in [5, 5.41) is 3.74. The Morgan fingerprint density at radius 1 is 1.06 bits per heavy atom. The van der Waals surface area contributed by atoms with E-state index in [4.69, 9.17) is 0 Å². The molecule has 0 spiro atoms. The van der Waals surface area contributed by atoms with E-state index in [-0.39, 0.29) is 0 Å². The Kier molecular flexibility index (Phi) is 4.00. The van der Waals surface area contributed by atoms with E-state index in [9.17, 15) is 0 Å². The van der Waals surface area contributed by atoms with E-state index in [1.807, 2.05) is 0 Å². The molecule has 0 amide bonds. The van der Waals surface area contributed by atoms with Gasteiger partial charge in [0, 0.05) is 12.1 Å². The van der Waals surface area contributed by atoms with Crippen LogP contribution >= 0.6 is 0 Å². The highest BCUT2D eigenvalue weighted by atomic mass is 14.9. The van der Waals surface area contributed by atoms with Crippen molar-refractivity contribution in [3.63, 3.8) is 0 Å². The molecule has 0 saturated heterocycles. The Balaban J connectivity index is 1.89. The van der Waals surface area contributed by atoms with Crippen LogP contribution in [0.25, 0.3) is 0 Å². The fourth-order valence-corrected chi connectivity index (χ4v) is 2.83. The molecule has 1 saturated carbocycles. The Bertz CT molecular complexity index is 300. The smallest absolute Gasteiger partial charge is 0.0294 e. The minimum atomic E-state index is 0.469. The molecule has 0 heterocycles. The zero-order chi connectivity index (χ0) is 11.4. The molecule has 1 aliphatic rings. The van der Waals surface area contributed by atoms with Crippen molar-refractivity contribution in [2.75, 3.05) is 0 Å². The molecule has 1 nitrogen and oxygen atoms in total. The fourth-order valence-electron chi connectivity index (χ4n) is 2.83. The van der Waals surface area contributed by atoms with Gasteiger partial charge in [0.05, 0.1) is 0 Å². The fraction of sp³-hybridized carbons (Fsp3) is 0.600. The Morgan fingerprint density at radius 2 is 1.69 bits per heavy atom. The Labute approximate surface area is 99.3 Å². The first-order chi connectivity index (χ1) is 7.77. The minimum Gasteiger partial charge on any atom is -0.307 e. The van der Waals surface area contributed by atoms with Gasteiger partial charge in [-0.2, -0.15) is 0 Å². The van der Waals surface area contributed by atoms with E-state index < -0.39 is 0 Å². The maximum atomic E-state index is 3.74. The van der Waals surface area contributed by atoms with Crippen LogP contribution in [0.15, 0.2) is 30.3 Å². The molecule has 0 aliphatic heterocycles. The lowest BCUT2D eigenvalue weighted by molar-refractivity contribution is 0.352. The van der Waals surface area contributed by atoms with Crippen molar-refractivity contribution in [1.29, 1.82) is 0 Å². The third-order valence-corrected chi connectivity index (χ3v) is 3.92. The molecule has 2 atom stereocenters. The van der Waals surface area contributed by atoms with Crippen molar-refractivity contribution in [2.45, 2.75) is 51.6 Å². The molecule has 1 aliphatic carbocycles. The monoisotopic (exact) mass is 217 g/mol. The Morgan fingerprint density at radius 3 is 2.31 bits per heavy atom. The molecule has 2 rings (SSSR count). The number of rotatable bonds is 4. The van der Waals surface area contributed by atoms with Gasteiger partial charge in [-0.25, -0.2) is 0 Å². The van der Waals surface area contributed by atoms with Gasteiger partial charge in [0.2, 0.25) is 0 Å². The van der Waals surface area contributed by atoms with Gasteiger partial charge in [-0.15, -0.1) is 0 Å². The largest absolute Gasteiger partial charge is 0.307 e. The van der Waals surface area contributed by atoms with Crippen LogP contribution in [0.4, 0.5) is 0 Å². The van der Waals surface area contributed by atoms with Crippen LogP contribution in [-0.2, 0) is 0 Å². The minimum absolute atomic E-state index is 0.469. The average Bonchev–Trinajstić information content (AvgIpc) is 2.83. The van der Waals surface area contributed by atoms with Crippen molar-refractivity contribution < 1.29 is 0 Å². The van der Waals surface area contributed by atoms with Crippen LogP contribution in [-0.4, -0.2) is 6.04 Å². The van der Waals surface area contributed by atoms with Gasteiger partial charge in [0.25, 0.3) is 0 Å². The summed E-state index contributed by atoms with van der Waals surface area (Å²) in [6, 6.07) is 11.9. The zero-order valence-corrected chi connectivity index (χ0v) is 10.4. The first-order valence-corrected chi connectivity index (χ1v) is 6.58. The predicted octanol–water partition coefficient (Wildman–Crippen LogP) is 3.92. The summed E-state index contributed by atoms with van der Waals surface area (Å²) >= 11 is 0. The average molecular weight is 217 g/mol. The summed E-state index contributed by atoms with van der Waals surface area (Å²) in [4.78, 5) is 0. The molecule has 0 aromatic heterocycles. The van der Waals surface area contributed by atoms with Gasteiger partial charge < -0.3 is 5.32 Å². The molecule has 1 aromatic carbocycles. The lowest BCUT2D eigenvalue weighted by atomic mass is 9.98. The molecule has 0 bridgehead atoms. The van der Waals surface area contributed by atoms with Crippen LogP contribution in [0.2, 0.25) is 0 Å². The normalized spacial score (nSPS) is 20.9. The third kappa shape index (κ3) is 2.85. The van der Waals surface area contributed by atoms with Crippen LogP contribution in [0.5, 0.6) is 0 Å². The van der Waals surface area contributed by atoms with Crippen molar-refractivity contribution in [3.05, 3.63) is 35.9 Å². The van der Waals surface area contributed by atoms with Gasteiger partial charge >= 0.3 is 0 Å². The molecule has 1 aromatic rings. The van der Waals surface area contributed by atoms with Crippen LogP contribution < -0.4 is 5.32 Å². The summed E-state index contributed by atoms with van der Waals surface area (Å²) in [6.07, 6.45) is 5.68. The molecule has 88 valence electrons. The molecule has 1 unspecified atom stereocenters. The van der Waals surface area contributed by atoms with Gasteiger partial charge in [-0.3, -0.25) is 0 Å². The second-order valence-electron chi connectivity index (χ2n) is 5.13. The maximum absolute atomic E-state index is 3.74. The topological polar surface area (TPSA) is 12.0 Å². The summed E-state index contributed by atoms with van der Waals surface area (Å²) in [5.41, 5.74) is 1.40. The van der Waals surface area contributed by atoms with Crippen molar-refractivity contribution in [1.82, 2.24) is 5.32 Å². The highest BCUT2D eigenvalue weighted by Crippen LogP contribution is 2.28. The van der Waals surface area contributed by atoms with Crippen LogP contribution in [0.1, 0.15) is 51.1 Å². The summed E-state index contributed by atoms with van der Waals surface area (Å²) in [7, 11) is 0. The molecule has 1 fully saturated rings. The van der Waals surface area contributed by atoms with E-state index in [1.54, 1.807) is 0 Å². The quantitative estimate of drug-likeness (QED) is 0.806. The van der Waals surface area contributed by atoms with Crippen LogP contribution in [0.3, 0.4) is 0 Å². The van der Waals surface area contributed by atoms with Gasteiger partial charge in [-0.05, 0) is 38.2 Å². The highest BCUT2D eigenvalue weighted by Gasteiger charge is 2.22. The predicted molar refractivity (Wildman–Crippen MR) is 69.4 cm³/mol. The lowest BCUT2D eigenvalue weighted by Crippen LogP contribution is -2.34. The number of nitrogens with one attached hydrogen (secondary N) is 1. The summed E-state index contributed by atoms with van der Waals surface area (Å²) in [5.74, 6) is 0.895. The van der Waals surface area contributed by atoms with Crippen molar-refractivity contribution in [3.8, 4) is 0 Å². The van der Waals surface area contributed by atoms with Crippen LogP contribution in [0, 0.1) is 5.92 Å². The lowest BCUT2D eigenvalue weighted by Gasteiger charge is -2.25.